The molecule has 3 atom stereocenters. The van der Waals surface area contributed by atoms with Crippen molar-refractivity contribution >= 4 is 6.09 Å². The van der Waals surface area contributed by atoms with Crippen LogP contribution in [-0.4, -0.2) is 49.9 Å². The molecule has 2 heterocycles. The molecule has 1 aliphatic rings. The van der Waals surface area contributed by atoms with Crippen LogP contribution in [-0.2, 0) is 11.8 Å². The van der Waals surface area contributed by atoms with Gasteiger partial charge in [-0.1, -0.05) is 37.3 Å². The van der Waals surface area contributed by atoms with Crippen molar-refractivity contribution in [3.8, 4) is 0 Å². The molecule has 0 aliphatic carbocycles. The zero-order valence-electron chi connectivity index (χ0n) is 16.8. The Hall–Kier alpha value is -2.44. The third-order valence-corrected chi connectivity index (χ3v) is 5.01. The zero-order chi connectivity index (χ0) is 19.6. The van der Waals surface area contributed by atoms with Crippen molar-refractivity contribution < 1.29 is 9.53 Å². The molecule has 0 N–H and O–H groups in total. The van der Waals surface area contributed by atoms with Gasteiger partial charge < -0.3 is 9.64 Å². The van der Waals surface area contributed by atoms with Gasteiger partial charge in [0.2, 0.25) is 0 Å². The minimum atomic E-state index is -0.479. The molecule has 1 amide bonds. The molecular formula is C20H29N5O2. The lowest BCUT2D eigenvalue weighted by atomic mass is 9.74. The number of tetrazole rings is 1. The van der Waals surface area contributed by atoms with E-state index in [2.05, 4.69) is 34.5 Å². The summed E-state index contributed by atoms with van der Waals surface area (Å²) >= 11 is 0. The number of rotatable bonds is 3. The SMILES string of the molecule is C[C@H]1CN(C(=O)OC(C)(C)C)CCC1C(c1ccccc1)c1nnn(C)n1. The summed E-state index contributed by atoms with van der Waals surface area (Å²) in [5, 5.41) is 12.8. The van der Waals surface area contributed by atoms with Crippen LogP contribution in [0.25, 0.3) is 0 Å². The molecule has 7 heteroatoms. The van der Waals surface area contributed by atoms with Gasteiger partial charge in [-0.25, -0.2) is 4.79 Å². The molecule has 2 unspecified atom stereocenters. The van der Waals surface area contributed by atoms with Crippen LogP contribution in [0.15, 0.2) is 30.3 Å². The standard InChI is InChI=1S/C20H29N5O2/c1-14-13-25(19(26)27-20(2,3)4)12-11-16(14)17(15-9-7-6-8-10-15)18-21-23-24(5)22-18/h6-10,14,16-17H,11-13H2,1-5H3/t14-,16?,17?/m0/s1. The second-order valence-corrected chi connectivity index (χ2v) is 8.38. The predicted octanol–water partition coefficient (Wildman–Crippen LogP) is 3.24. The van der Waals surface area contributed by atoms with E-state index < -0.39 is 5.60 Å². The first-order chi connectivity index (χ1) is 12.7. The van der Waals surface area contributed by atoms with E-state index in [0.29, 0.717) is 24.9 Å². The molecule has 146 valence electrons. The highest BCUT2D eigenvalue weighted by Gasteiger charge is 2.38. The monoisotopic (exact) mass is 371 g/mol. The Bertz CT molecular complexity index is 768. The summed E-state index contributed by atoms with van der Waals surface area (Å²) in [7, 11) is 1.78. The number of hydrogen-bond acceptors (Lipinski definition) is 5. The maximum absolute atomic E-state index is 12.4. The molecule has 3 rings (SSSR count). The van der Waals surface area contributed by atoms with Crippen LogP contribution in [0.2, 0.25) is 0 Å². The van der Waals surface area contributed by atoms with Crippen molar-refractivity contribution in [1.82, 2.24) is 25.1 Å². The van der Waals surface area contributed by atoms with Gasteiger partial charge in [-0.3, -0.25) is 0 Å². The Morgan fingerprint density at radius 1 is 1.26 bits per heavy atom. The Morgan fingerprint density at radius 3 is 2.52 bits per heavy atom. The van der Waals surface area contributed by atoms with Gasteiger partial charge in [0.15, 0.2) is 5.82 Å². The average molecular weight is 371 g/mol. The summed E-state index contributed by atoms with van der Waals surface area (Å²) < 4.78 is 5.54. The maximum Gasteiger partial charge on any atom is 0.410 e. The van der Waals surface area contributed by atoms with Crippen LogP contribution in [0.5, 0.6) is 0 Å². The number of benzene rings is 1. The normalized spacial score (nSPS) is 21.7. The van der Waals surface area contributed by atoms with E-state index in [4.69, 9.17) is 4.74 Å². The number of carbonyl (C=O) groups is 1. The lowest BCUT2D eigenvalue weighted by molar-refractivity contribution is 0.0104. The number of nitrogens with zero attached hydrogens (tertiary/aromatic N) is 5. The van der Waals surface area contributed by atoms with Crippen molar-refractivity contribution in [1.29, 1.82) is 0 Å². The van der Waals surface area contributed by atoms with Gasteiger partial charge in [0.05, 0.1) is 13.0 Å². The summed E-state index contributed by atoms with van der Waals surface area (Å²) in [6.45, 7) is 9.22. The van der Waals surface area contributed by atoms with Crippen molar-refractivity contribution in [2.24, 2.45) is 18.9 Å². The minimum absolute atomic E-state index is 0.0655. The Balaban J connectivity index is 1.80. The minimum Gasteiger partial charge on any atom is -0.444 e. The first kappa shape index (κ1) is 19.3. The third-order valence-electron chi connectivity index (χ3n) is 5.01. The number of carbonyl (C=O) groups excluding carboxylic acids is 1. The molecule has 0 spiro atoms. The number of amides is 1. The first-order valence-electron chi connectivity index (χ1n) is 9.51. The highest BCUT2D eigenvalue weighted by Crippen LogP contribution is 2.39. The van der Waals surface area contributed by atoms with Gasteiger partial charge in [0.1, 0.15) is 5.60 Å². The highest BCUT2D eigenvalue weighted by atomic mass is 16.6. The van der Waals surface area contributed by atoms with Crippen LogP contribution < -0.4 is 0 Å². The lowest BCUT2D eigenvalue weighted by Gasteiger charge is -2.40. The van der Waals surface area contributed by atoms with Crippen LogP contribution in [0.1, 0.15) is 51.4 Å². The first-order valence-corrected chi connectivity index (χ1v) is 9.51. The maximum atomic E-state index is 12.4. The number of likely N-dealkylation sites (tertiary alicyclic amines) is 1. The van der Waals surface area contributed by atoms with E-state index in [0.717, 1.165) is 12.2 Å². The van der Waals surface area contributed by atoms with Gasteiger partial charge in [-0.2, -0.15) is 4.80 Å². The molecular weight excluding hydrogens is 342 g/mol. The molecule has 1 fully saturated rings. The highest BCUT2D eigenvalue weighted by molar-refractivity contribution is 5.68. The molecule has 0 bridgehead atoms. The smallest absolute Gasteiger partial charge is 0.410 e. The van der Waals surface area contributed by atoms with Crippen molar-refractivity contribution in [2.45, 2.75) is 45.6 Å². The quantitative estimate of drug-likeness (QED) is 0.828. The van der Waals surface area contributed by atoms with E-state index in [1.165, 1.54) is 10.4 Å². The van der Waals surface area contributed by atoms with Gasteiger partial charge in [-0.05, 0) is 49.8 Å². The number of hydrogen-bond donors (Lipinski definition) is 0. The predicted molar refractivity (Wildman–Crippen MR) is 102 cm³/mol. The second kappa shape index (κ2) is 7.66. The Labute approximate surface area is 160 Å². The van der Waals surface area contributed by atoms with E-state index in [-0.39, 0.29) is 12.0 Å². The van der Waals surface area contributed by atoms with Crippen molar-refractivity contribution in [3.63, 3.8) is 0 Å². The lowest BCUT2D eigenvalue weighted by Crippen LogP contribution is -2.46. The summed E-state index contributed by atoms with van der Waals surface area (Å²) in [5.74, 6) is 1.43. The van der Waals surface area contributed by atoms with E-state index in [1.807, 2.05) is 43.9 Å². The number of aryl methyl sites for hydroxylation is 1. The Morgan fingerprint density at radius 2 is 1.96 bits per heavy atom. The van der Waals surface area contributed by atoms with Gasteiger partial charge in [0, 0.05) is 13.1 Å². The fourth-order valence-corrected chi connectivity index (χ4v) is 3.82. The largest absolute Gasteiger partial charge is 0.444 e. The van der Waals surface area contributed by atoms with E-state index in [1.54, 1.807) is 7.05 Å². The van der Waals surface area contributed by atoms with Crippen LogP contribution >= 0.6 is 0 Å². The van der Waals surface area contributed by atoms with E-state index in [9.17, 15) is 4.79 Å². The molecule has 0 saturated carbocycles. The molecule has 2 aromatic rings. The summed E-state index contributed by atoms with van der Waals surface area (Å²) in [6.07, 6.45) is 0.639. The molecule has 1 aliphatic heterocycles. The van der Waals surface area contributed by atoms with Crippen LogP contribution in [0.3, 0.4) is 0 Å². The summed E-state index contributed by atoms with van der Waals surface area (Å²) in [6, 6.07) is 10.3. The van der Waals surface area contributed by atoms with Gasteiger partial charge in [0.25, 0.3) is 0 Å². The Kier molecular flexibility index (Phi) is 5.48. The van der Waals surface area contributed by atoms with Crippen LogP contribution in [0, 0.1) is 11.8 Å². The zero-order valence-corrected chi connectivity index (χ0v) is 16.8. The topological polar surface area (TPSA) is 73.1 Å². The molecule has 7 nitrogen and oxygen atoms in total. The number of ether oxygens (including phenoxy) is 1. The van der Waals surface area contributed by atoms with Gasteiger partial charge >= 0.3 is 6.09 Å². The average Bonchev–Trinajstić information content (AvgIpc) is 3.02. The van der Waals surface area contributed by atoms with Gasteiger partial charge in [-0.15, -0.1) is 10.2 Å². The van der Waals surface area contributed by atoms with E-state index >= 15 is 0 Å². The molecule has 1 aromatic carbocycles. The molecule has 1 aromatic heterocycles. The second-order valence-electron chi connectivity index (χ2n) is 8.38. The van der Waals surface area contributed by atoms with Crippen molar-refractivity contribution in [3.05, 3.63) is 41.7 Å². The number of piperidine rings is 1. The third kappa shape index (κ3) is 4.64. The number of aromatic nitrogens is 4. The molecule has 0 radical (unpaired) electrons. The fourth-order valence-electron chi connectivity index (χ4n) is 3.82. The fraction of sp³-hybridized carbons (Fsp3) is 0.600. The van der Waals surface area contributed by atoms with Crippen LogP contribution in [0.4, 0.5) is 4.79 Å². The summed E-state index contributed by atoms with van der Waals surface area (Å²) in [4.78, 5) is 15.8. The molecule has 1 saturated heterocycles. The van der Waals surface area contributed by atoms with Crippen molar-refractivity contribution in [2.75, 3.05) is 13.1 Å². The molecule has 27 heavy (non-hydrogen) atoms. The summed E-state index contributed by atoms with van der Waals surface area (Å²) in [5.41, 5.74) is 0.709.